The molecule has 1 saturated heterocycles. The second kappa shape index (κ2) is 8.92. The fourth-order valence-corrected chi connectivity index (χ4v) is 4.14. The van der Waals surface area contributed by atoms with Crippen molar-refractivity contribution < 1.29 is 13.2 Å². The summed E-state index contributed by atoms with van der Waals surface area (Å²) in [5, 5.41) is 1.24. The average Bonchev–Trinajstić information content (AvgIpc) is 2.72. The second-order valence-electron chi connectivity index (χ2n) is 6.40. The Labute approximate surface area is 160 Å². The quantitative estimate of drug-likeness (QED) is 0.764. The number of hydrogen-bond donors (Lipinski definition) is 0. The molecule has 0 N–H and O–H groups in total. The largest absolute Gasteiger partial charge is 0.340 e. The molecule has 2 aromatic rings. The molecule has 0 radical (unpaired) electrons. The summed E-state index contributed by atoms with van der Waals surface area (Å²) in [7, 11) is -3.48. The maximum absolute atomic E-state index is 12.5. The minimum atomic E-state index is -3.48. The first-order valence-corrected chi connectivity index (χ1v) is 10.4. The van der Waals surface area contributed by atoms with Crippen LogP contribution in [0.5, 0.6) is 0 Å². The average molecular weight is 385 g/mol. The molecule has 0 atom stereocenters. The first kappa shape index (κ1) is 19.3. The normalized spacial score (nSPS) is 15.9. The number of sulfonamides is 1. The molecule has 0 bridgehead atoms. The van der Waals surface area contributed by atoms with Gasteiger partial charge >= 0.3 is 0 Å². The Hall–Kier alpha value is -2.51. The van der Waals surface area contributed by atoms with Gasteiger partial charge in [0.05, 0.1) is 0 Å². The van der Waals surface area contributed by atoms with Crippen molar-refractivity contribution in [1.29, 1.82) is 0 Å². The molecular formula is C20H23N3O3S. The van der Waals surface area contributed by atoms with Gasteiger partial charge in [0.25, 0.3) is 0 Å². The number of rotatable bonds is 6. The van der Waals surface area contributed by atoms with E-state index < -0.39 is 10.0 Å². The number of carbonyl (C=O) groups is 1. The molecule has 1 amide bonds. The lowest BCUT2D eigenvalue weighted by Gasteiger charge is -2.33. The van der Waals surface area contributed by atoms with Gasteiger partial charge in [0.1, 0.15) is 0 Å². The van der Waals surface area contributed by atoms with Crippen LogP contribution in [0, 0.1) is 0 Å². The van der Waals surface area contributed by atoms with Gasteiger partial charge in [-0.15, -0.1) is 0 Å². The number of nitrogens with zero attached hydrogens (tertiary/aromatic N) is 3. The highest BCUT2D eigenvalue weighted by atomic mass is 32.2. The van der Waals surface area contributed by atoms with Gasteiger partial charge in [0, 0.05) is 50.4 Å². The fourth-order valence-electron chi connectivity index (χ4n) is 2.96. The molecule has 1 fully saturated rings. The smallest absolute Gasteiger partial charge is 0.236 e. The van der Waals surface area contributed by atoms with Gasteiger partial charge in [-0.25, -0.2) is 8.42 Å². The van der Waals surface area contributed by atoms with Crippen LogP contribution in [0.2, 0.25) is 0 Å². The zero-order chi connectivity index (χ0) is 19.1. The van der Waals surface area contributed by atoms with Crippen molar-refractivity contribution in [3.63, 3.8) is 0 Å². The SMILES string of the molecule is O=C(CCc1cccnc1)N1CCN(S(=O)(=O)/C=C/c2ccccc2)CC1. The van der Waals surface area contributed by atoms with Crippen LogP contribution in [-0.4, -0.2) is 54.7 Å². The maximum atomic E-state index is 12.5. The van der Waals surface area contributed by atoms with Crippen LogP contribution < -0.4 is 0 Å². The van der Waals surface area contributed by atoms with Crippen LogP contribution in [0.3, 0.4) is 0 Å². The molecule has 1 aromatic heterocycles. The lowest BCUT2D eigenvalue weighted by Crippen LogP contribution is -2.50. The van der Waals surface area contributed by atoms with E-state index in [1.54, 1.807) is 23.4 Å². The van der Waals surface area contributed by atoms with E-state index in [4.69, 9.17) is 0 Å². The van der Waals surface area contributed by atoms with Crippen LogP contribution in [0.15, 0.2) is 60.3 Å². The number of aryl methyl sites for hydroxylation is 1. The van der Waals surface area contributed by atoms with Crippen molar-refractivity contribution in [1.82, 2.24) is 14.2 Å². The molecule has 1 aliphatic rings. The minimum absolute atomic E-state index is 0.0516. The molecule has 142 valence electrons. The Morgan fingerprint density at radius 1 is 1.04 bits per heavy atom. The Morgan fingerprint density at radius 2 is 1.78 bits per heavy atom. The third-order valence-electron chi connectivity index (χ3n) is 4.53. The summed E-state index contributed by atoms with van der Waals surface area (Å²) in [6.45, 7) is 1.48. The van der Waals surface area contributed by atoms with Gasteiger partial charge in [-0.2, -0.15) is 4.31 Å². The van der Waals surface area contributed by atoms with Gasteiger partial charge in [-0.05, 0) is 29.7 Å². The first-order chi connectivity index (χ1) is 13.0. The zero-order valence-corrected chi connectivity index (χ0v) is 15.9. The Bertz CT molecular complexity index is 875. The van der Waals surface area contributed by atoms with Crippen LogP contribution >= 0.6 is 0 Å². The van der Waals surface area contributed by atoms with Gasteiger partial charge in [-0.1, -0.05) is 36.4 Å². The molecule has 27 heavy (non-hydrogen) atoms. The summed E-state index contributed by atoms with van der Waals surface area (Å²) in [4.78, 5) is 18.1. The van der Waals surface area contributed by atoms with Gasteiger partial charge in [0.15, 0.2) is 0 Å². The van der Waals surface area contributed by atoms with Crippen molar-refractivity contribution in [3.05, 3.63) is 71.4 Å². The molecule has 7 heteroatoms. The van der Waals surface area contributed by atoms with E-state index in [1.807, 2.05) is 42.5 Å². The van der Waals surface area contributed by atoms with Crippen LogP contribution in [0.4, 0.5) is 0 Å². The van der Waals surface area contributed by atoms with Crippen molar-refractivity contribution in [2.75, 3.05) is 26.2 Å². The number of carbonyl (C=O) groups excluding carboxylic acids is 1. The monoisotopic (exact) mass is 385 g/mol. The van der Waals surface area contributed by atoms with Gasteiger partial charge in [-0.3, -0.25) is 9.78 Å². The first-order valence-electron chi connectivity index (χ1n) is 8.94. The van der Waals surface area contributed by atoms with E-state index in [2.05, 4.69) is 4.98 Å². The lowest BCUT2D eigenvalue weighted by atomic mass is 10.1. The van der Waals surface area contributed by atoms with Crippen molar-refractivity contribution in [3.8, 4) is 0 Å². The summed E-state index contributed by atoms with van der Waals surface area (Å²) in [5.74, 6) is 0.0516. The molecule has 1 aromatic carbocycles. The molecule has 3 rings (SSSR count). The molecule has 0 aliphatic carbocycles. The van der Waals surface area contributed by atoms with Crippen molar-refractivity contribution in [2.24, 2.45) is 0 Å². The fraction of sp³-hybridized carbons (Fsp3) is 0.300. The Kier molecular flexibility index (Phi) is 6.36. The number of hydrogen-bond acceptors (Lipinski definition) is 4. The predicted octanol–water partition coefficient (Wildman–Crippen LogP) is 2.16. The van der Waals surface area contributed by atoms with E-state index in [0.717, 1.165) is 11.1 Å². The molecule has 0 spiro atoms. The summed E-state index contributed by atoms with van der Waals surface area (Å²) in [5.41, 5.74) is 1.86. The lowest BCUT2D eigenvalue weighted by molar-refractivity contribution is -0.132. The van der Waals surface area contributed by atoms with Crippen LogP contribution in [0.1, 0.15) is 17.5 Å². The molecule has 1 aliphatic heterocycles. The zero-order valence-electron chi connectivity index (χ0n) is 15.1. The number of piperazine rings is 1. The third kappa shape index (κ3) is 5.48. The number of benzene rings is 1. The molecule has 0 unspecified atom stereocenters. The standard InChI is InChI=1S/C20H23N3O3S/c24-20(9-8-19-7-4-11-21-17-19)22-12-14-23(15-13-22)27(25,26)16-10-18-5-2-1-3-6-18/h1-7,10-11,16-17H,8-9,12-15H2/b16-10+. The van der Waals surface area contributed by atoms with Gasteiger partial charge in [0.2, 0.25) is 15.9 Å². The molecule has 2 heterocycles. The minimum Gasteiger partial charge on any atom is -0.340 e. The second-order valence-corrected chi connectivity index (χ2v) is 8.22. The Balaban J connectivity index is 1.50. The van der Waals surface area contributed by atoms with E-state index in [0.29, 0.717) is 39.0 Å². The summed E-state index contributed by atoms with van der Waals surface area (Å²) in [6, 6.07) is 13.1. The molecule has 0 saturated carbocycles. The van der Waals surface area contributed by atoms with E-state index in [-0.39, 0.29) is 5.91 Å². The maximum Gasteiger partial charge on any atom is 0.236 e. The van der Waals surface area contributed by atoms with Crippen molar-refractivity contribution >= 4 is 22.0 Å². The van der Waals surface area contributed by atoms with Crippen LogP contribution in [-0.2, 0) is 21.2 Å². The van der Waals surface area contributed by atoms with E-state index in [1.165, 1.54) is 9.71 Å². The third-order valence-corrected chi connectivity index (χ3v) is 6.10. The summed E-state index contributed by atoms with van der Waals surface area (Å²) >= 11 is 0. The van der Waals surface area contributed by atoms with Crippen LogP contribution in [0.25, 0.3) is 6.08 Å². The number of amides is 1. The van der Waals surface area contributed by atoms with Crippen molar-refractivity contribution in [2.45, 2.75) is 12.8 Å². The van der Waals surface area contributed by atoms with Gasteiger partial charge < -0.3 is 4.90 Å². The predicted molar refractivity (Wildman–Crippen MR) is 105 cm³/mol. The summed E-state index contributed by atoms with van der Waals surface area (Å²) < 4.78 is 26.4. The van der Waals surface area contributed by atoms with E-state index in [9.17, 15) is 13.2 Å². The molecule has 6 nitrogen and oxygen atoms in total. The number of aromatic nitrogens is 1. The highest BCUT2D eigenvalue weighted by molar-refractivity contribution is 7.92. The molecular weight excluding hydrogens is 362 g/mol. The summed E-state index contributed by atoms with van der Waals surface area (Å²) in [6.07, 6.45) is 6.12. The topological polar surface area (TPSA) is 70.6 Å². The van der Waals surface area contributed by atoms with E-state index >= 15 is 0 Å². The Morgan fingerprint density at radius 3 is 2.44 bits per heavy atom. The number of pyridine rings is 1. The highest BCUT2D eigenvalue weighted by Crippen LogP contribution is 2.13. The highest BCUT2D eigenvalue weighted by Gasteiger charge is 2.27.